The van der Waals surface area contributed by atoms with Crippen molar-refractivity contribution >= 4 is 23.2 Å². The van der Waals surface area contributed by atoms with Gasteiger partial charge in [0.15, 0.2) is 0 Å². The van der Waals surface area contributed by atoms with Crippen LogP contribution in [0.25, 0.3) is 0 Å². The largest absolute Gasteiger partial charge is 0.495 e. The third-order valence-corrected chi connectivity index (χ3v) is 5.11. The molecule has 0 aliphatic carbocycles. The van der Waals surface area contributed by atoms with Gasteiger partial charge in [0.05, 0.1) is 32.6 Å². The number of amides is 1. The number of likely N-dealkylation sites (tertiary alicyclic amines) is 1. The maximum Gasteiger partial charge on any atom is 0.238 e. The van der Waals surface area contributed by atoms with Crippen molar-refractivity contribution in [2.45, 2.75) is 19.4 Å². The van der Waals surface area contributed by atoms with E-state index in [0.717, 1.165) is 32.5 Å². The number of hydrogen-bond donors (Lipinski definition) is 1. The Labute approximate surface area is 171 Å². The van der Waals surface area contributed by atoms with Gasteiger partial charge in [-0.3, -0.25) is 9.69 Å². The molecule has 0 saturated carbocycles. The molecular formula is C22H27ClN2O3. The zero-order valence-corrected chi connectivity index (χ0v) is 17.0. The molecule has 3 rings (SSSR count). The molecule has 0 radical (unpaired) electrons. The summed E-state index contributed by atoms with van der Waals surface area (Å²) >= 11 is 6.03. The lowest BCUT2D eigenvalue weighted by Gasteiger charge is -2.32. The van der Waals surface area contributed by atoms with Crippen molar-refractivity contribution < 1.29 is 14.3 Å². The highest BCUT2D eigenvalue weighted by Crippen LogP contribution is 2.27. The molecule has 6 heteroatoms. The minimum Gasteiger partial charge on any atom is -0.495 e. The van der Waals surface area contributed by atoms with Crippen molar-refractivity contribution in [2.75, 3.05) is 38.7 Å². The summed E-state index contributed by atoms with van der Waals surface area (Å²) in [6, 6.07) is 15.4. The number of rotatable bonds is 8. The topological polar surface area (TPSA) is 50.8 Å². The van der Waals surface area contributed by atoms with Crippen molar-refractivity contribution in [3.05, 3.63) is 59.1 Å². The number of carbonyl (C=O) groups excluding carboxylic acids is 1. The fraction of sp³-hybridized carbons (Fsp3) is 0.409. The van der Waals surface area contributed by atoms with Gasteiger partial charge < -0.3 is 14.8 Å². The van der Waals surface area contributed by atoms with Crippen molar-refractivity contribution in [3.8, 4) is 5.75 Å². The SMILES string of the molecule is COc1ccc(Cl)cc1NC(=O)CN1CCC[C@@H](COCc2ccccc2)C1. The van der Waals surface area contributed by atoms with Gasteiger partial charge in [0.2, 0.25) is 5.91 Å². The van der Waals surface area contributed by atoms with Crippen LogP contribution >= 0.6 is 11.6 Å². The Morgan fingerprint density at radius 2 is 2.07 bits per heavy atom. The third kappa shape index (κ3) is 6.23. The van der Waals surface area contributed by atoms with Crippen LogP contribution in [0.2, 0.25) is 5.02 Å². The van der Waals surface area contributed by atoms with Crippen LogP contribution in [0.15, 0.2) is 48.5 Å². The number of halogens is 1. The van der Waals surface area contributed by atoms with Crippen LogP contribution in [-0.2, 0) is 16.1 Å². The highest BCUT2D eigenvalue weighted by Gasteiger charge is 2.22. The van der Waals surface area contributed by atoms with Gasteiger partial charge in [0, 0.05) is 11.6 Å². The molecule has 0 spiro atoms. The van der Waals surface area contributed by atoms with Crippen LogP contribution in [0.4, 0.5) is 5.69 Å². The molecule has 1 atom stereocenters. The van der Waals surface area contributed by atoms with Crippen molar-refractivity contribution in [1.82, 2.24) is 4.90 Å². The fourth-order valence-electron chi connectivity index (χ4n) is 3.52. The van der Waals surface area contributed by atoms with E-state index < -0.39 is 0 Å². The summed E-state index contributed by atoms with van der Waals surface area (Å²) in [6.45, 7) is 3.50. The van der Waals surface area contributed by atoms with E-state index in [9.17, 15) is 4.79 Å². The Hall–Kier alpha value is -2.08. The maximum absolute atomic E-state index is 12.5. The van der Waals surface area contributed by atoms with Gasteiger partial charge in [-0.1, -0.05) is 41.9 Å². The normalized spacial score (nSPS) is 17.3. The van der Waals surface area contributed by atoms with E-state index >= 15 is 0 Å². The predicted molar refractivity (Wildman–Crippen MR) is 112 cm³/mol. The molecular weight excluding hydrogens is 376 g/mol. The first-order valence-corrected chi connectivity index (χ1v) is 9.99. The quantitative estimate of drug-likeness (QED) is 0.718. The summed E-state index contributed by atoms with van der Waals surface area (Å²) in [6.07, 6.45) is 2.21. The lowest BCUT2D eigenvalue weighted by atomic mass is 9.99. The van der Waals surface area contributed by atoms with Crippen molar-refractivity contribution in [3.63, 3.8) is 0 Å². The second kappa shape index (κ2) is 10.5. The Morgan fingerprint density at radius 1 is 1.25 bits per heavy atom. The first-order valence-electron chi connectivity index (χ1n) is 9.61. The summed E-state index contributed by atoms with van der Waals surface area (Å²) in [7, 11) is 1.57. The second-order valence-corrected chi connectivity index (χ2v) is 7.57. The molecule has 1 fully saturated rings. The molecule has 150 valence electrons. The van der Waals surface area contributed by atoms with E-state index in [2.05, 4.69) is 22.3 Å². The van der Waals surface area contributed by atoms with E-state index in [0.29, 0.717) is 35.5 Å². The molecule has 1 amide bonds. The molecule has 2 aromatic carbocycles. The zero-order valence-electron chi connectivity index (χ0n) is 16.2. The number of anilines is 1. The van der Waals surface area contributed by atoms with Gasteiger partial charge in [0.25, 0.3) is 0 Å². The molecule has 5 nitrogen and oxygen atoms in total. The molecule has 28 heavy (non-hydrogen) atoms. The van der Waals surface area contributed by atoms with Crippen LogP contribution in [0.5, 0.6) is 5.75 Å². The van der Waals surface area contributed by atoms with Gasteiger partial charge >= 0.3 is 0 Å². The van der Waals surface area contributed by atoms with Gasteiger partial charge in [-0.2, -0.15) is 0 Å². The summed E-state index contributed by atoms with van der Waals surface area (Å²) in [5, 5.41) is 3.47. The molecule has 1 aliphatic rings. The summed E-state index contributed by atoms with van der Waals surface area (Å²) in [5.41, 5.74) is 1.78. The van der Waals surface area contributed by atoms with Crippen molar-refractivity contribution in [2.24, 2.45) is 5.92 Å². The predicted octanol–water partition coefficient (Wildman–Crippen LogP) is 4.22. The number of nitrogens with one attached hydrogen (secondary N) is 1. The Bertz CT molecular complexity index is 770. The minimum absolute atomic E-state index is 0.0635. The highest BCUT2D eigenvalue weighted by molar-refractivity contribution is 6.31. The zero-order chi connectivity index (χ0) is 19.8. The Balaban J connectivity index is 1.45. The lowest BCUT2D eigenvalue weighted by molar-refractivity contribution is -0.117. The van der Waals surface area contributed by atoms with Crippen molar-refractivity contribution in [1.29, 1.82) is 0 Å². The summed E-state index contributed by atoms with van der Waals surface area (Å²) in [5.74, 6) is 0.987. The number of methoxy groups -OCH3 is 1. The highest BCUT2D eigenvalue weighted by atomic mass is 35.5. The summed E-state index contributed by atoms with van der Waals surface area (Å²) < 4.78 is 11.2. The van der Waals surface area contributed by atoms with E-state index in [-0.39, 0.29) is 5.91 Å². The fourth-order valence-corrected chi connectivity index (χ4v) is 3.69. The number of carbonyl (C=O) groups is 1. The number of nitrogens with zero attached hydrogens (tertiary/aromatic N) is 1. The number of hydrogen-bond acceptors (Lipinski definition) is 4. The Morgan fingerprint density at radius 3 is 2.86 bits per heavy atom. The van der Waals surface area contributed by atoms with Gasteiger partial charge in [0.1, 0.15) is 5.75 Å². The van der Waals surface area contributed by atoms with E-state index in [1.54, 1.807) is 25.3 Å². The molecule has 0 unspecified atom stereocenters. The first kappa shape index (κ1) is 20.6. The van der Waals surface area contributed by atoms with Crippen LogP contribution in [0.1, 0.15) is 18.4 Å². The first-order chi connectivity index (χ1) is 13.6. The molecule has 1 heterocycles. The number of ether oxygens (including phenoxy) is 2. The third-order valence-electron chi connectivity index (χ3n) is 4.87. The monoisotopic (exact) mass is 402 g/mol. The molecule has 1 N–H and O–H groups in total. The molecule has 1 aliphatic heterocycles. The van der Waals surface area contributed by atoms with Gasteiger partial charge in [-0.15, -0.1) is 0 Å². The average molecular weight is 403 g/mol. The second-order valence-electron chi connectivity index (χ2n) is 7.14. The number of benzene rings is 2. The van der Waals surface area contributed by atoms with Crippen LogP contribution in [-0.4, -0.2) is 44.2 Å². The van der Waals surface area contributed by atoms with Gasteiger partial charge in [-0.05, 0) is 49.1 Å². The minimum atomic E-state index is -0.0635. The summed E-state index contributed by atoms with van der Waals surface area (Å²) in [4.78, 5) is 14.7. The average Bonchev–Trinajstić information content (AvgIpc) is 2.69. The van der Waals surface area contributed by atoms with Crippen LogP contribution in [0, 0.1) is 5.92 Å². The smallest absolute Gasteiger partial charge is 0.238 e. The molecule has 2 aromatic rings. The van der Waals surface area contributed by atoms with Gasteiger partial charge in [-0.25, -0.2) is 0 Å². The number of piperidine rings is 1. The maximum atomic E-state index is 12.5. The van der Waals surface area contributed by atoms with E-state index in [4.69, 9.17) is 21.1 Å². The molecule has 0 bridgehead atoms. The lowest BCUT2D eigenvalue weighted by Crippen LogP contribution is -2.41. The van der Waals surface area contributed by atoms with E-state index in [1.807, 2.05) is 18.2 Å². The Kier molecular flexibility index (Phi) is 7.71. The van der Waals surface area contributed by atoms with Crippen LogP contribution in [0.3, 0.4) is 0 Å². The molecule has 0 aromatic heterocycles. The standard InChI is InChI=1S/C22H27ClN2O3/c1-27-21-10-9-19(23)12-20(21)24-22(26)14-25-11-5-8-18(13-25)16-28-15-17-6-3-2-4-7-17/h2-4,6-7,9-10,12,18H,5,8,11,13-16H2,1H3,(H,24,26)/t18-/m1/s1. The van der Waals surface area contributed by atoms with E-state index in [1.165, 1.54) is 5.56 Å². The van der Waals surface area contributed by atoms with Crippen LogP contribution < -0.4 is 10.1 Å². The molecule has 1 saturated heterocycles.